The van der Waals surface area contributed by atoms with Crippen molar-refractivity contribution in [3.8, 4) is 11.5 Å². The molecule has 1 aromatic carbocycles. The first-order valence-electron chi connectivity index (χ1n) is 13.7. The number of nitrogens with zero attached hydrogens (tertiary/aromatic N) is 1. The van der Waals surface area contributed by atoms with Crippen LogP contribution < -0.4 is 4.74 Å². The Kier molecular flexibility index (Phi) is 7.82. The van der Waals surface area contributed by atoms with Crippen LogP contribution >= 0.6 is 0 Å². The Balaban J connectivity index is 1.29. The first-order chi connectivity index (χ1) is 20.6. The number of benzene rings is 1. The van der Waals surface area contributed by atoms with Gasteiger partial charge in [0.15, 0.2) is 35.9 Å². The van der Waals surface area contributed by atoms with Crippen LogP contribution in [0.25, 0.3) is 0 Å². The van der Waals surface area contributed by atoms with E-state index in [1.54, 1.807) is 6.07 Å². The van der Waals surface area contributed by atoms with Crippen LogP contribution in [0.3, 0.4) is 0 Å². The van der Waals surface area contributed by atoms with E-state index in [1.165, 1.54) is 12.1 Å². The van der Waals surface area contributed by atoms with Gasteiger partial charge in [-0.2, -0.15) is 0 Å². The molecule has 2 heterocycles. The third-order valence-corrected chi connectivity index (χ3v) is 8.87. The van der Waals surface area contributed by atoms with Gasteiger partial charge < -0.3 is 54.5 Å². The van der Waals surface area contributed by atoms with Gasteiger partial charge in [0, 0.05) is 18.0 Å². The number of carbonyl (C=O) groups excluding carboxylic acids is 3. The highest BCUT2D eigenvalue weighted by Gasteiger charge is 2.72. The number of ether oxygens (including phenoxy) is 4. The van der Waals surface area contributed by atoms with E-state index in [1.807, 2.05) is 11.9 Å². The lowest BCUT2D eigenvalue weighted by atomic mass is 9.50. The number of piperidine rings is 1. The largest absolute Gasteiger partial charge is 0.504 e. The summed E-state index contributed by atoms with van der Waals surface area (Å²) in [6.07, 6.45) is -8.88. The Morgan fingerprint density at radius 1 is 1.07 bits per heavy atom. The van der Waals surface area contributed by atoms with E-state index in [0.717, 1.165) is 12.5 Å². The summed E-state index contributed by atoms with van der Waals surface area (Å²) in [6.45, 7) is 1.49. The smallest absolute Gasteiger partial charge is 0.348 e. The molecule has 0 amide bonds. The van der Waals surface area contributed by atoms with Crippen molar-refractivity contribution in [1.82, 2.24) is 4.90 Å². The molecule has 1 saturated heterocycles. The number of aliphatic hydroxyl groups excluding tert-OH is 2. The lowest BCUT2D eigenvalue weighted by Crippen LogP contribution is -2.74. The standard InChI is InChI=1S/C28H31NO15/c1-11(24(37)43-15(23(35)36)10-17(31)32)41-25(38)19(33)20(34)26(39)42-14-5-6-28(40)16-9-12-3-4-13(30)21-18(12)27(28,22(14)44-21)7-8-29(16)2/h3-5,11,15-16,19-20,22,30,33-34,40H,6-10H2,1-2H3,(H,31,32)(H,35,36)/t11-,15+,16-,19+,20+,22-,27-,28+/m0/s1. The number of aromatic hydroxyl groups is 1. The zero-order chi connectivity index (χ0) is 32.3. The molecule has 1 aromatic rings. The molecule has 1 fully saturated rings. The van der Waals surface area contributed by atoms with Crippen LogP contribution in [0.4, 0.5) is 0 Å². The van der Waals surface area contributed by atoms with E-state index in [-0.39, 0.29) is 29.7 Å². The molecule has 6 N–H and O–H groups in total. The van der Waals surface area contributed by atoms with Gasteiger partial charge in [-0.25, -0.2) is 19.2 Å². The average Bonchev–Trinajstić information content (AvgIpc) is 3.32. The summed E-state index contributed by atoms with van der Waals surface area (Å²) >= 11 is 0. The Bertz CT molecular complexity index is 1460. The summed E-state index contributed by atoms with van der Waals surface area (Å²) in [5.74, 6) is -8.09. The van der Waals surface area contributed by atoms with E-state index in [0.29, 0.717) is 24.9 Å². The van der Waals surface area contributed by atoms with Gasteiger partial charge in [0.25, 0.3) is 0 Å². The number of likely N-dealkylation sites (N-methyl/N-ethyl adjacent to an activating group) is 1. The Morgan fingerprint density at radius 3 is 2.41 bits per heavy atom. The number of phenols is 1. The molecular formula is C28H31NO15. The van der Waals surface area contributed by atoms with E-state index in [4.69, 9.17) is 19.7 Å². The molecule has 4 aliphatic rings. The zero-order valence-electron chi connectivity index (χ0n) is 23.5. The topological polar surface area (TPSA) is 247 Å². The molecule has 44 heavy (non-hydrogen) atoms. The number of carbonyl (C=O) groups is 5. The molecule has 2 aliphatic heterocycles. The number of hydrogen-bond donors (Lipinski definition) is 6. The van der Waals surface area contributed by atoms with Crippen LogP contribution in [0.2, 0.25) is 0 Å². The number of hydrogen-bond acceptors (Lipinski definition) is 14. The fourth-order valence-electron chi connectivity index (χ4n) is 6.74. The van der Waals surface area contributed by atoms with Gasteiger partial charge in [-0.1, -0.05) is 6.07 Å². The predicted molar refractivity (Wildman–Crippen MR) is 140 cm³/mol. The average molecular weight is 622 g/mol. The number of likely N-dealkylation sites (tertiary alicyclic amines) is 1. The molecule has 238 valence electrons. The summed E-state index contributed by atoms with van der Waals surface area (Å²) in [4.78, 5) is 61.4. The Labute approximate surface area is 249 Å². The minimum atomic E-state index is -2.56. The van der Waals surface area contributed by atoms with Gasteiger partial charge >= 0.3 is 29.8 Å². The number of esters is 3. The minimum Gasteiger partial charge on any atom is -0.504 e. The maximum absolute atomic E-state index is 12.9. The second-order valence-electron chi connectivity index (χ2n) is 11.4. The second kappa shape index (κ2) is 11.0. The van der Waals surface area contributed by atoms with Crippen LogP contribution in [0, 0.1) is 0 Å². The summed E-state index contributed by atoms with van der Waals surface area (Å²) < 4.78 is 20.7. The molecule has 8 atom stereocenters. The molecule has 16 nitrogen and oxygen atoms in total. The van der Waals surface area contributed by atoms with Gasteiger partial charge in [-0.15, -0.1) is 0 Å². The van der Waals surface area contributed by atoms with E-state index in [2.05, 4.69) is 9.47 Å². The van der Waals surface area contributed by atoms with Gasteiger partial charge in [0.1, 0.15) is 5.76 Å². The molecule has 0 radical (unpaired) electrons. The van der Waals surface area contributed by atoms with Crippen molar-refractivity contribution < 1.29 is 73.6 Å². The third-order valence-electron chi connectivity index (χ3n) is 8.87. The highest BCUT2D eigenvalue weighted by atomic mass is 16.6. The molecule has 0 saturated carbocycles. The minimum absolute atomic E-state index is 0.0263. The number of carboxylic acid groups (broad SMARTS) is 2. The fourth-order valence-corrected chi connectivity index (χ4v) is 6.74. The lowest BCUT2D eigenvalue weighted by molar-refractivity contribution is -0.186. The summed E-state index contributed by atoms with van der Waals surface area (Å²) in [5, 5.41) is 61.2. The normalized spacial score (nSPS) is 29.1. The van der Waals surface area contributed by atoms with Crippen molar-refractivity contribution in [2.45, 2.75) is 80.2 Å². The quantitative estimate of drug-likeness (QED) is 0.126. The second-order valence-corrected chi connectivity index (χ2v) is 11.4. The van der Waals surface area contributed by atoms with Gasteiger partial charge in [0.2, 0.25) is 6.10 Å². The van der Waals surface area contributed by atoms with Crippen LogP contribution in [0.1, 0.15) is 37.3 Å². The monoisotopic (exact) mass is 621 g/mol. The SMILES string of the molecule is C[C@H](OC(=O)[C@H](O)[C@@H](O)C(=O)OC1=CC[C@@]2(O)[C@@H]3Cc4ccc(O)c5c4[C@@]2(CCN3C)[C@H]1O5)C(=O)O[C@H](CC(=O)O)C(=O)O. The molecule has 1 spiro atoms. The van der Waals surface area contributed by atoms with Crippen LogP contribution in [-0.4, -0.2) is 121 Å². The van der Waals surface area contributed by atoms with Gasteiger partial charge in [-0.05, 0) is 51.1 Å². The van der Waals surface area contributed by atoms with Crippen LogP contribution in [0.15, 0.2) is 24.0 Å². The number of rotatable bonds is 10. The molecule has 2 bridgehead atoms. The fraction of sp³-hybridized carbons (Fsp3) is 0.536. The van der Waals surface area contributed by atoms with Crippen molar-refractivity contribution in [3.63, 3.8) is 0 Å². The first-order valence-corrected chi connectivity index (χ1v) is 13.7. The molecule has 16 heteroatoms. The maximum atomic E-state index is 12.9. The van der Waals surface area contributed by atoms with Gasteiger partial charge in [0.05, 0.1) is 17.4 Å². The van der Waals surface area contributed by atoms with Crippen molar-refractivity contribution in [3.05, 3.63) is 35.1 Å². The third kappa shape index (κ3) is 4.74. The molecular weight excluding hydrogens is 590 g/mol. The number of aliphatic hydroxyl groups is 3. The van der Waals surface area contributed by atoms with E-state index in [9.17, 15) is 44.4 Å². The Morgan fingerprint density at radius 2 is 1.75 bits per heavy atom. The highest BCUT2D eigenvalue weighted by molar-refractivity contribution is 5.88. The van der Waals surface area contributed by atoms with Crippen LogP contribution in [0.5, 0.6) is 11.5 Å². The summed E-state index contributed by atoms with van der Waals surface area (Å²) in [7, 11) is 1.89. The van der Waals surface area contributed by atoms with Crippen molar-refractivity contribution in [2.24, 2.45) is 0 Å². The predicted octanol–water partition coefficient (Wildman–Crippen LogP) is -1.66. The van der Waals surface area contributed by atoms with Crippen LogP contribution in [-0.2, 0) is 50.0 Å². The zero-order valence-corrected chi connectivity index (χ0v) is 23.5. The molecule has 0 unspecified atom stereocenters. The Hall–Kier alpha value is -4.25. The number of phenolic OH excluding ortho intramolecular Hbond substituents is 1. The lowest BCUT2D eigenvalue weighted by Gasteiger charge is -2.61. The van der Waals surface area contributed by atoms with E-state index >= 15 is 0 Å². The summed E-state index contributed by atoms with van der Waals surface area (Å²) in [5.41, 5.74) is -0.987. The first kappa shape index (κ1) is 31.2. The van der Waals surface area contributed by atoms with Crippen molar-refractivity contribution in [2.75, 3.05) is 13.6 Å². The highest BCUT2D eigenvalue weighted by Crippen LogP contribution is 2.65. The molecule has 0 aromatic heterocycles. The van der Waals surface area contributed by atoms with Crippen molar-refractivity contribution >= 4 is 29.8 Å². The number of aliphatic carboxylic acids is 2. The number of carboxylic acids is 2. The summed E-state index contributed by atoms with van der Waals surface area (Å²) in [6, 6.07) is 2.92. The van der Waals surface area contributed by atoms with Crippen molar-refractivity contribution in [1.29, 1.82) is 0 Å². The molecule has 5 rings (SSSR count). The van der Waals surface area contributed by atoms with Gasteiger partial charge in [-0.3, -0.25) is 4.79 Å². The molecule has 2 aliphatic carbocycles. The van der Waals surface area contributed by atoms with E-state index < -0.39 is 77.8 Å². The maximum Gasteiger partial charge on any atom is 0.348 e.